The van der Waals surface area contributed by atoms with Gasteiger partial charge in [-0.1, -0.05) is 142 Å². The Morgan fingerprint density at radius 1 is 0.469 bits per heavy atom. The molecular formula is C28H57NO3. The monoisotopic (exact) mass is 455 g/mol. The number of primary amides is 1. The van der Waals surface area contributed by atoms with E-state index < -0.39 is 5.97 Å². The first kappa shape index (κ1) is 33.1. The molecule has 0 rings (SSSR count). The van der Waals surface area contributed by atoms with Crippen LogP contribution in [-0.4, -0.2) is 17.0 Å². The number of carbonyl (C=O) groups excluding carboxylic acids is 1. The van der Waals surface area contributed by atoms with Crippen molar-refractivity contribution >= 4 is 11.9 Å². The van der Waals surface area contributed by atoms with Gasteiger partial charge in [-0.15, -0.1) is 0 Å². The molecule has 32 heavy (non-hydrogen) atoms. The Morgan fingerprint density at radius 3 is 0.969 bits per heavy atom. The molecule has 0 spiro atoms. The van der Waals surface area contributed by atoms with Crippen LogP contribution in [0.15, 0.2) is 0 Å². The van der Waals surface area contributed by atoms with E-state index in [0.717, 1.165) is 19.3 Å². The Balaban J connectivity index is 0. The highest BCUT2D eigenvalue weighted by molar-refractivity contribution is 5.73. The van der Waals surface area contributed by atoms with Gasteiger partial charge in [-0.3, -0.25) is 9.59 Å². The molecule has 4 nitrogen and oxygen atoms in total. The molecule has 3 N–H and O–H groups in total. The van der Waals surface area contributed by atoms with Gasteiger partial charge in [0.25, 0.3) is 0 Å². The van der Waals surface area contributed by atoms with Gasteiger partial charge in [-0.2, -0.15) is 0 Å². The summed E-state index contributed by atoms with van der Waals surface area (Å²) in [6, 6.07) is 0. The van der Waals surface area contributed by atoms with E-state index in [1.807, 2.05) is 0 Å². The fourth-order valence-corrected chi connectivity index (χ4v) is 3.90. The number of rotatable bonds is 24. The van der Waals surface area contributed by atoms with Crippen LogP contribution in [0.25, 0.3) is 0 Å². The Bertz CT molecular complexity index is 385. The summed E-state index contributed by atoms with van der Waals surface area (Å²) in [7, 11) is 0. The molecule has 0 saturated carbocycles. The van der Waals surface area contributed by atoms with E-state index in [0.29, 0.717) is 12.8 Å². The van der Waals surface area contributed by atoms with Crippen molar-refractivity contribution < 1.29 is 14.7 Å². The van der Waals surface area contributed by atoms with Crippen LogP contribution in [0.2, 0.25) is 0 Å². The Morgan fingerprint density at radius 2 is 0.719 bits per heavy atom. The molecule has 0 saturated heterocycles. The van der Waals surface area contributed by atoms with Crippen molar-refractivity contribution in [1.29, 1.82) is 0 Å². The Kier molecular flexibility index (Phi) is 31.0. The number of hydrogen-bond acceptors (Lipinski definition) is 2. The first-order valence-electron chi connectivity index (χ1n) is 14.0. The lowest BCUT2D eigenvalue weighted by Crippen LogP contribution is -2.09. The van der Waals surface area contributed by atoms with Gasteiger partial charge in [-0.25, -0.2) is 0 Å². The fraction of sp³-hybridized carbons (Fsp3) is 0.929. The molecule has 0 aliphatic rings. The molecule has 1 amide bonds. The van der Waals surface area contributed by atoms with Crippen molar-refractivity contribution in [3.63, 3.8) is 0 Å². The minimum Gasteiger partial charge on any atom is -0.481 e. The van der Waals surface area contributed by atoms with E-state index in [9.17, 15) is 9.59 Å². The minimum atomic E-state index is -0.658. The average molecular weight is 456 g/mol. The van der Waals surface area contributed by atoms with Crippen molar-refractivity contribution in [2.75, 3.05) is 0 Å². The molecule has 0 heterocycles. The van der Waals surface area contributed by atoms with Crippen molar-refractivity contribution in [2.45, 2.75) is 168 Å². The summed E-state index contributed by atoms with van der Waals surface area (Å²) in [5.74, 6) is -0.813. The SMILES string of the molecule is CCCCCCCCCCCCC(=O)O.CCCCCCCCCCCCCCC(N)=O. The lowest BCUT2D eigenvalue weighted by Gasteiger charge is -2.02. The summed E-state index contributed by atoms with van der Waals surface area (Å²) in [6.07, 6.45) is 29.4. The lowest BCUT2D eigenvalue weighted by atomic mass is 10.0. The molecule has 0 aromatic heterocycles. The van der Waals surface area contributed by atoms with Crippen molar-refractivity contribution in [2.24, 2.45) is 5.73 Å². The van der Waals surface area contributed by atoms with Crippen LogP contribution in [0.5, 0.6) is 0 Å². The van der Waals surface area contributed by atoms with Gasteiger partial charge < -0.3 is 10.8 Å². The lowest BCUT2D eigenvalue weighted by molar-refractivity contribution is -0.137. The highest BCUT2D eigenvalue weighted by Crippen LogP contribution is 2.12. The fourth-order valence-electron chi connectivity index (χ4n) is 3.90. The van der Waals surface area contributed by atoms with Crippen LogP contribution >= 0.6 is 0 Å². The molecule has 0 bridgehead atoms. The van der Waals surface area contributed by atoms with Gasteiger partial charge in [0, 0.05) is 12.8 Å². The van der Waals surface area contributed by atoms with Crippen molar-refractivity contribution in [3.05, 3.63) is 0 Å². The molecule has 0 atom stereocenters. The van der Waals surface area contributed by atoms with Crippen molar-refractivity contribution in [1.82, 2.24) is 0 Å². The number of carboxylic acids is 1. The molecule has 0 aliphatic carbocycles. The summed E-state index contributed by atoms with van der Waals surface area (Å²) < 4.78 is 0. The molecule has 192 valence electrons. The number of carboxylic acid groups (broad SMARTS) is 1. The number of amides is 1. The molecule has 0 aromatic rings. The maximum absolute atomic E-state index is 10.5. The van der Waals surface area contributed by atoms with Gasteiger partial charge in [0.05, 0.1) is 0 Å². The zero-order chi connectivity index (χ0) is 24.1. The van der Waals surface area contributed by atoms with Crippen LogP contribution in [-0.2, 0) is 9.59 Å². The predicted molar refractivity (Wildman–Crippen MR) is 139 cm³/mol. The summed E-state index contributed by atoms with van der Waals surface area (Å²) in [5, 5.41) is 8.44. The van der Waals surface area contributed by atoms with E-state index in [4.69, 9.17) is 10.8 Å². The molecular weight excluding hydrogens is 398 g/mol. The van der Waals surface area contributed by atoms with Gasteiger partial charge in [-0.05, 0) is 12.8 Å². The topological polar surface area (TPSA) is 80.4 Å². The number of hydrogen-bond donors (Lipinski definition) is 2. The van der Waals surface area contributed by atoms with Gasteiger partial charge in [0.2, 0.25) is 5.91 Å². The normalized spacial score (nSPS) is 10.6. The summed E-state index contributed by atoms with van der Waals surface area (Å²) in [5.41, 5.74) is 5.08. The summed E-state index contributed by atoms with van der Waals surface area (Å²) in [6.45, 7) is 4.50. The van der Waals surface area contributed by atoms with Crippen LogP contribution in [0.3, 0.4) is 0 Å². The predicted octanol–water partition coefficient (Wildman–Crippen LogP) is 8.94. The number of unbranched alkanes of at least 4 members (excludes halogenated alkanes) is 20. The van der Waals surface area contributed by atoms with Crippen LogP contribution in [0.1, 0.15) is 168 Å². The number of nitrogens with two attached hydrogens (primary N) is 1. The first-order valence-corrected chi connectivity index (χ1v) is 14.0. The van der Waals surface area contributed by atoms with E-state index in [1.165, 1.54) is 122 Å². The zero-order valence-corrected chi connectivity index (χ0v) is 21.8. The van der Waals surface area contributed by atoms with E-state index in [-0.39, 0.29) is 5.91 Å². The van der Waals surface area contributed by atoms with E-state index >= 15 is 0 Å². The maximum Gasteiger partial charge on any atom is 0.303 e. The second-order valence-electron chi connectivity index (χ2n) is 9.43. The molecule has 0 fully saturated rings. The smallest absolute Gasteiger partial charge is 0.303 e. The van der Waals surface area contributed by atoms with Gasteiger partial charge >= 0.3 is 5.97 Å². The highest BCUT2D eigenvalue weighted by atomic mass is 16.4. The average Bonchev–Trinajstić information content (AvgIpc) is 2.76. The van der Waals surface area contributed by atoms with Crippen LogP contribution in [0.4, 0.5) is 0 Å². The van der Waals surface area contributed by atoms with E-state index in [2.05, 4.69) is 13.8 Å². The van der Waals surface area contributed by atoms with Crippen molar-refractivity contribution in [3.8, 4) is 0 Å². The third-order valence-electron chi connectivity index (χ3n) is 6.02. The van der Waals surface area contributed by atoms with Crippen LogP contribution < -0.4 is 5.73 Å². The largest absolute Gasteiger partial charge is 0.481 e. The molecule has 0 aliphatic heterocycles. The standard InChI is InChI=1S/C15H31NO.C13H26O2/c1-2-3-4-5-6-7-8-9-10-11-12-13-14-15(16)17;1-2-3-4-5-6-7-8-9-10-11-12-13(14)15/h2-14H2,1H3,(H2,16,17);2-12H2,1H3,(H,14,15). The highest BCUT2D eigenvalue weighted by Gasteiger charge is 1.97. The second-order valence-corrected chi connectivity index (χ2v) is 9.43. The quantitative estimate of drug-likeness (QED) is 0.142. The summed E-state index contributed by atoms with van der Waals surface area (Å²) in [4.78, 5) is 20.7. The molecule has 0 unspecified atom stereocenters. The number of carbonyl (C=O) groups is 2. The van der Waals surface area contributed by atoms with Gasteiger partial charge in [0.15, 0.2) is 0 Å². The molecule has 0 aromatic carbocycles. The maximum atomic E-state index is 10.5. The number of aliphatic carboxylic acids is 1. The molecule has 4 heteroatoms. The van der Waals surface area contributed by atoms with E-state index in [1.54, 1.807) is 0 Å². The Hall–Kier alpha value is -1.06. The molecule has 0 radical (unpaired) electrons. The Labute approximate surface area is 200 Å². The first-order chi connectivity index (χ1) is 15.5. The van der Waals surface area contributed by atoms with Gasteiger partial charge in [0.1, 0.15) is 0 Å². The van der Waals surface area contributed by atoms with Crippen LogP contribution in [0, 0.1) is 0 Å². The summed E-state index contributed by atoms with van der Waals surface area (Å²) >= 11 is 0. The zero-order valence-electron chi connectivity index (χ0n) is 21.8. The second kappa shape index (κ2) is 29.9. The third-order valence-corrected chi connectivity index (χ3v) is 6.02. The third kappa shape index (κ3) is 36.3. The minimum absolute atomic E-state index is 0.155.